The van der Waals surface area contributed by atoms with Crippen molar-refractivity contribution in [3.05, 3.63) is 49.9 Å². The van der Waals surface area contributed by atoms with E-state index in [2.05, 4.69) is 24.0 Å². The Morgan fingerprint density at radius 2 is 1.88 bits per heavy atom. The lowest BCUT2D eigenvalue weighted by molar-refractivity contribution is -0.142. The third-order valence-corrected chi connectivity index (χ3v) is 10.5. The van der Waals surface area contributed by atoms with E-state index >= 15 is 0 Å². The van der Waals surface area contributed by atoms with Crippen molar-refractivity contribution in [2.45, 2.75) is 36.0 Å². The average Bonchev–Trinajstić information content (AvgIpc) is 3.46. The van der Waals surface area contributed by atoms with Gasteiger partial charge < -0.3 is 10.1 Å². The first-order valence-corrected chi connectivity index (χ1v) is 12.6. The summed E-state index contributed by atoms with van der Waals surface area (Å²) in [6.07, 6.45) is 0.613. The third-order valence-electron chi connectivity index (χ3n) is 7.89. The maximum Gasteiger partial charge on any atom is 0.305 e. The summed E-state index contributed by atoms with van der Waals surface area (Å²) >= 11 is 2.92. The van der Waals surface area contributed by atoms with Gasteiger partial charge in [-0.05, 0) is 42.2 Å². The summed E-state index contributed by atoms with van der Waals surface area (Å²) in [4.78, 5) is 55.0. The van der Waals surface area contributed by atoms with Crippen LogP contribution in [-0.4, -0.2) is 44.6 Å². The summed E-state index contributed by atoms with van der Waals surface area (Å²) in [6.45, 7) is 2.03. The zero-order valence-corrected chi connectivity index (χ0v) is 18.9. The molecule has 2 aromatic rings. The molecule has 0 spiro atoms. The number of carbonyl (C=O) groups excluding carboxylic acids is 2. The van der Waals surface area contributed by atoms with E-state index in [1.54, 1.807) is 11.8 Å². The number of carbonyl (C=O) groups is 3. The first-order valence-electron chi connectivity index (χ1n) is 10.9. The number of thiazole rings is 1. The summed E-state index contributed by atoms with van der Waals surface area (Å²) < 4.78 is 0. The number of hydrogen-bond acceptors (Lipinski definition) is 6. The van der Waals surface area contributed by atoms with Gasteiger partial charge in [0, 0.05) is 22.6 Å². The van der Waals surface area contributed by atoms with Crippen LogP contribution in [0, 0.1) is 36.5 Å². The molecule has 2 saturated carbocycles. The molecular formula is C23H22N2O5S2. The van der Waals surface area contributed by atoms with E-state index in [1.165, 1.54) is 21.8 Å². The number of likely N-dealkylation sites (tertiary alicyclic amines) is 1. The van der Waals surface area contributed by atoms with Crippen molar-refractivity contribution in [3.8, 4) is 0 Å². The molecule has 4 aliphatic rings. The lowest BCUT2D eigenvalue weighted by Crippen LogP contribution is -2.42. The Labute approximate surface area is 192 Å². The van der Waals surface area contributed by atoms with Gasteiger partial charge in [0.25, 0.3) is 0 Å². The highest BCUT2D eigenvalue weighted by atomic mass is 32.2. The van der Waals surface area contributed by atoms with Crippen LogP contribution >= 0.6 is 23.1 Å². The molecule has 1 aromatic carbocycles. The number of benzene rings is 1. The van der Waals surface area contributed by atoms with Gasteiger partial charge in [-0.15, -0.1) is 11.8 Å². The van der Waals surface area contributed by atoms with E-state index in [-0.39, 0.29) is 70.4 Å². The normalized spacial score (nSPS) is 34.5. The van der Waals surface area contributed by atoms with Gasteiger partial charge in [0.1, 0.15) is 0 Å². The standard InChI is InChI=1S/C23H22N2O5S2/c1-9-4-2-3-5-10(9)14-15-11-8-12(18(15)31-20-19(14)32-23(30)24-20)17-16(11)21(28)25(22(17)29)7-6-13(26)27/h2-5,11-12,14-18H,6-8H2,1H3,(H,24,30)(H,26,27)/t11-,12+,14+,15-,16+,17+,18+/m0/s1. The second kappa shape index (κ2) is 7.05. The van der Waals surface area contributed by atoms with Crippen LogP contribution in [0.4, 0.5) is 0 Å². The number of amides is 2. The number of hydrogen-bond donors (Lipinski definition) is 2. The van der Waals surface area contributed by atoms with Crippen molar-refractivity contribution >= 4 is 40.9 Å². The highest BCUT2D eigenvalue weighted by Crippen LogP contribution is 2.68. The molecule has 3 fully saturated rings. The van der Waals surface area contributed by atoms with Crippen molar-refractivity contribution in [3.63, 3.8) is 0 Å². The Morgan fingerprint density at radius 1 is 1.16 bits per heavy atom. The fraction of sp³-hybridized carbons (Fsp3) is 0.478. The van der Waals surface area contributed by atoms with E-state index in [0.29, 0.717) is 0 Å². The van der Waals surface area contributed by atoms with Crippen LogP contribution in [0.15, 0.2) is 34.1 Å². The number of carboxylic acid groups (broad SMARTS) is 1. The molecule has 0 radical (unpaired) electrons. The van der Waals surface area contributed by atoms with E-state index in [1.807, 2.05) is 12.1 Å². The molecule has 1 aromatic heterocycles. The molecule has 2 N–H and O–H groups in total. The van der Waals surface area contributed by atoms with Gasteiger partial charge in [-0.2, -0.15) is 0 Å². The number of nitrogens with zero attached hydrogens (tertiary/aromatic N) is 1. The van der Waals surface area contributed by atoms with E-state index in [4.69, 9.17) is 5.11 Å². The Hall–Kier alpha value is -2.39. The number of fused-ring (bicyclic) bond motifs is 9. The Morgan fingerprint density at radius 3 is 2.59 bits per heavy atom. The predicted molar refractivity (Wildman–Crippen MR) is 119 cm³/mol. The highest BCUT2D eigenvalue weighted by molar-refractivity contribution is 8.00. The summed E-state index contributed by atoms with van der Waals surface area (Å²) in [7, 11) is 0. The van der Waals surface area contributed by atoms with Crippen molar-refractivity contribution in [1.29, 1.82) is 0 Å². The van der Waals surface area contributed by atoms with Crippen LogP contribution in [0.25, 0.3) is 0 Å². The number of aryl methyl sites for hydroxylation is 1. The molecule has 2 amide bonds. The minimum absolute atomic E-state index is 0.0216. The molecule has 9 heteroatoms. The summed E-state index contributed by atoms with van der Waals surface area (Å²) in [5.74, 6) is -1.83. The average molecular weight is 471 g/mol. The number of rotatable bonds is 4. The molecule has 2 bridgehead atoms. The molecule has 7 nitrogen and oxygen atoms in total. The molecular weight excluding hydrogens is 448 g/mol. The number of aromatic amines is 1. The second-order valence-electron chi connectivity index (χ2n) is 9.29. The van der Waals surface area contributed by atoms with Gasteiger partial charge in [-0.25, -0.2) is 0 Å². The number of aliphatic carboxylic acids is 1. The van der Waals surface area contributed by atoms with Crippen molar-refractivity contribution in [1.82, 2.24) is 9.88 Å². The molecule has 7 atom stereocenters. The van der Waals surface area contributed by atoms with Crippen molar-refractivity contribution in [2.75, 3.05) is 6.54 Å². The summed E-state index contributed by atoms with van der Waals surface area (Å²) in [6, 6.07) is 8.22. The lowest BCUT2D eigenvalue weighted by Gasteiger charge is -2.43. The van der Waals surface area contributed by atoms with Gasteiger partial charge in [-0.3, -0.25) is 24.1 Å². The number of H-pyrrole nitrogens is 1. The van der Waals surface area contributed by atoms with Crippen LogP contribution in [0.2, 0.25) is 0 Å². The molecule has 166 valence electrons. The SMILES string of the molecule is Cc1ccccc1[C@H]1c2sc(=O)[nH]c2S[C@@H]2[C@@H]3C[C@H]([C@H]4C(=O)N(CCC(=O)O)C(=O)[C@H]34)[C@@H]12. The zero-order chi connectivity index (χ0) is 22.3. The number of carboxylic acids is 1. The van der Waals surface area contributed by atoms with Crippen LogP contribution in [0.1, 0.15) is 34.8 Å². The molecule has 1 saturated heterocycles. The van der Waals surface area contributed by atoms with E-state index in [0.717, 1.165) is 21.9 Å². The smallest absolute Gasteiger partial charge is 0.305 e. The molecule has 0 unspecified atom stereocenters. The minimum Gasteiger partial charge on any atom is -0.481 e. The van der Waals surface area contributed by atoms with Crippen LogP contribution in [-0.2, 0) is 14.4 Å². The topological polar surface area (TPSA) is 108 Å². The lowest BCUT2D eigenvalue weighted by atomic mass is 9.67. The van der Waals surface area contributed by atoms with Gasteiger partial charge in [0.2, 0.25) is 11.8 Å². The largest absolute Gasteiger partial charge is 0.481 e. The van der Waals surface area contributed by atoms with Crippen LogP contribution in [0.3, 0.4) is 0 Å². The van der Waals surface area contributed by atoms with Crippen LogP contribution < -0.4 is 4.87 Å². The number of nitrogens with one attached hydrogen (secondary N) is 1. The monoisotopic (exact) mass is 470 g/mol. The Kier molecular flexibility index (Phi) is 4.46. The molecule has 2 aliphatic heterocycles. The number of imide groups is 1. The Balaban J connectivity index is 1.43. The van der Waals surface area contributed by atoms with Gasteiger partial charge >= 0.3 is 10.8 Å². The maximum atomic E-state index is 13.3. The number of thioether (sulfide) groups is 1. The predicted octanol–water partition coefficient (Wildman–Crippen LogP) is 2.69. The van der Waals surface area contributed by atoms with E-state index in [9.17, 15) is 19.2 Å². The molecule has 3 heterocycles. The molecule has 2 aliphatic carbocycles. The Bertz CT molecular complexity index is 1220. The number of aromatic nitrogens is 1. The maximum absolute atomic E-state index is 13.3. The third kappa shape index (κ3) is 2.67. The first-order chi connectivity index (χ1) is 15.4. The zero-order valence-electron chi connectivity index (χ0n) is 17.3. The quantitative estimate of drug-likeness (QED) is 0.666. The summed E-state index contributed by atoms with van der Waals surface area (Å²) in [5, 5.41) is 10.1. The van der Waals surface area contributed by atoms with Crippen molar-refractivity contribution in [2.24, 2.45) is 29.6 Å². The fourth-order valence-electron chi connectivity index (χ4n) is 6.79. The highest BCUT2D eigenvalue weighted by Gasteiger charge is 2.69. The summed E-state index contributed by atoms with van der Waals surface area (Å²) in [5.41, 5.74) is 2.34. The molecule has 32 heavy (non-hydrogen) atoms. The fourth-order valence-corrected chi connectivity index (χ4v) is 9.67. The first kappa shape index (κ1) is 20.2. The van der Waals surface area contributed by atoms with Crippen LogP contribution in [0.5, 0.6) is 0 Å². The minimum atomic E-state index is -1.01. The van der Waals surface area contributed by atoms with Crippen molar-refractivity contribution < 1.29 is 19.5 Å². The van der Waals surface area contributed by atoms with Gasteiger partial charge in [0.15, 0.2) is 0 Å². The van der Waals surface area contributed by atoms with Gasteiger partial charge in [0.05, 0.1) is 23.3 Å². The molecule has 6 rings (SSSR count). The van der Waals surface area contributed by atoms with Gasteiger partial charge in [-0.1, -0.05) is 35.6 Å². The second-order valence-corrected chi connectivity index (χ2v) is 11.5. The van der Waals surface area contributed by atoms with E-state index < -0.39 is 5.97 Å².